The second-order valence-corrected chi connectivity index (χ2v) is 8.58. The number of nitrogens with zero attached hydrogens (tertiary/aromatic N) is 5. The van der Waals surface area contributed by atoms with Gasteiger partial charge in [-0.05, 0) is 34.9 Å². The largest absolute Gasteiger partial charge is 0.332 e. The van der Waals surface area contributed by atoms with E-state index in [4.69, 9.17) is 5.10 Å². The van der Waals surface area contributed by atoms with Crippen LogP contribution in [0.15, 0.2) is 76.6 Å². The maximum absolute atomic E-state index is 13.4. The second kappa shape index (κ2) is 9.09. The van der Waals surface area contributed by atoms with E-state index in [1.165, 1.54) is 4.57 Å². The molecule has 172 valence electrons. The van der Waals surface area contributed by atoms with Gasteiger partial charge in [0.2, 0.25) is 0 Å². The summed E-state index contributed by atoms with van der Waals surface area (Å²) in [5, 5.41) is 7.63. The summed E-state index contributed by atoms with van der Waals surface area (Å²) in [4.78, 5) is 30.6. The fourth-order valence-corrected chi connectivity index (χ4v) is 4.59. The number of aromatic nitrogens is 5. The van der Waals surface area contributed by atoms with Crippen LogP contribution < -0.4 is 11.2 Å². The lowest BCUT2D eigenvalue weighted by molar-refractivity contribution is 0.562. The Hall–Kier alpha value is -4.00. The Morgan fingerprint density at radius 3 is 2.47 bits per heavy atom. The molecule has 0 N–H and O–H groups in total. The molecule has 0 amide bonds. The summed E-state index contributed by atoms with van der Waals surface area (Å²) in [5.74, 6) is 0. The first-order chi connectivity index (χ1) is 16.6. The highest BCUT2D eigenvalue weighted by atomic mass is 16.2. The molecule has 0 aliphatic heterocycles. The first-order valence-electron chi connectivity index (χ1n) is 11.7. The average molecular weight is 454 g/mol. The smallest absolute Gasteiger partial charge is 0.276 e. The minimum atomic E-state index is -0.331. The highest BCUT2D eigenvalue weighted by Crippen LogP contribution is 2.28. The van der Waals surface area contributed by atoms with Crippen molar-refractivity contribution in [1.29, 1.82) is 0 Å². The van der Waals surface area contributed by atoms with Gasteiger partial charge in [-0.1, -0.05) is 62.2 Å². The molecule has 0 atom stereocenters. The third kappa shape index (κ3) is 3.73. The van der Waals surface area contributed by atoms with E-state index >= 15 is 0 Å². The van der Waals surface area contributed by atoms with E-state index in [0.29, 0.717) is 29.8 Å². The molecule has 0 saturated heterocycles. The molecule has 0 saturated carbocycles. The van der Waals surface area contributed by atoms with E-state index in [1.807, 2.05) is 35.0 Å². The van der Waals surface area contributed by atoms with Gasteiger partial charge in [0.05, 0.1) is 12.2 Å². The van der Waals surface area contributed by atoms with Crippen molar-refractivity contribution in [2.24, 2.45) is 7.05 Å². The van der Waals surface area contributed by atoms with Crippen molar-refractivity contribution in [2.75, 3.05) is 0 Å². The fraction of sp³-hybridized carbons (Fsp3) is 0.259. The first-order valence-corrected chi connectivity index (χ1v) is 11.7. The van der Waals surface area contributed by atoms with Gasteiger partial charge in [0.1, 0.15) is 5.39 Å². The van der Waals surface area contributed by atoms with E-state index in [0.717, 1.165) is 41.2 Å². The number of aryl methyl sites for hydroxylation is 1. The summed E-state index contributed by atoms with van der Waals surface area (Å²) < 4.78 is 4.71. The summed E-state index contributed by atoms with van der Waals surface area (Å²) >= 11 is 0. The number of benzene rings is 2. The molecule has 3 aromatic heterocycles. The van der Waals surface area contributed by atoms with Crippen LogP contribution >= 0.6 is 0 Å². The van der Waals surface area contributed by atoms with Crippen LogP contribution in [-0.4, -0.2) is 23.9 Å². The topological polar surface area (TPSA) is 74.7 Å². The van der Waals surface area contributed by atoms with Crippen molar-refractivity contribution >= 4 is 21.8 Å². The minimum absolute atomic E-state index is 0.329. The van der Waals surface area contributed by atoms with Gasteiger partial charge in [0.25, 0.3) is 5.56 Å². The molecule has 34 heavy (non-hydrogen) atoms. The van der Waals surface area contributed by atoms with Gasteiger partial charge in [0.15, 0.2) is 5.65 Å². The van der Waals surface area contributed by atoms with E-state index in [2.05, 4.69) is 36.2 Å². The van der Waals surface area contributed by atoms with Gasteiger partial charge in [-0.25, -0.2) is 4.79 Å². The van der Waals surface area contributed by atoms with Crippen molar-refractivity contribution in [2.45, 2.75) is 39.3 Å². The number of rotatable bonds is 7. The van der Waals surface area contributed by atoms with Crippen LogP contribution in [0.3, 0.4) is 0 Å². The van der Waals surface area contributed by atoms with Crippen LogP contribution in [0.25, 0.3) is 33.1 Å². The molecule has 3 heterocycles. The zero-order valence-electron chi connectivity index (χ0n) is 19.4. The second-order valence-electron chi connectivity index (χ2n) is 8.58. The molecular weight excluding hydrogens is 426 g/mol. The summed E-state index contributed by atoms with van der Waals surface area (Å²) in [6.45, 7) is 3.12. The van der Waals surface area contributed by atoms with Crippen molar-refractivity contribution in [3.8, 4) is 11.3 Å². The summed E-state index contributed by atoms with van der Waals surface area (Å²) in [7, 11) is 1.54. The maximum atomic E-state index is 13.4. The van der Waals surface area contributed by atoms with Crippen LogP contribution in [0, 0.1) is 0 Å². The van der Waals surface area contributed by atoms with Gasteiger partial charge in [-0.3, -0.25) is 23.6 Å². The van der Waals surface area contributed by atoms with Crippen LogP contribution in [0.5, 0.6) is 0 Å². The molecule has 5 rings (SSSR count). The summed E-state index contributed by atoms with van der Waals surface area (Å²) in [6, 6.07) is 18.2. The van der Waals surface area contributed by atoms with Crippen LogP contribution in [0.2, 0.25) is 0 Å². The summed E-state index contributed by atoms with van der Waals surface area (Å²) in [5.41, 5.74) is 2.42. The molecule has 7 nitrogen and oxygen atoms in total. The van der Waals surface area contributed by atoms with Gasteiger partial charge in [-0.15, -0.1) is 0 Å². The molecule has 2 aromatic carbocycles. The average Bonchev–Trinajstić information content (AvgIpc) is 3.24. The van der Waals surface area contributed by atoms with E-state index in [-0.39, 0.29) is 11.2 Å². The number of unbranched alkanes of at least 4 members (excludes halogenated alkanes) is 2. The molecule has 7 heteroatoms. The molecular formula is C27H27N5O2. The lowest BCUT2D eigenvalue weighted by Crippen LogP contribution is -2.38. The minimum Gasteiger partial charge on any atom is -0.276 e. The van der Waals surface area contributed by atoms with Gasteiger partial charge >= 0.3 is 5.69 Å². The molecule has 0 aliphatic carbocycles. The SMILES string of the molecule is CCCCCn1c(=O)n(C)c(=O)c2c(-c3ccncc3)n(Cc3cccc4ccccc34)nc21. The predicted octanol–water partition coefficient (Wildman–Crippen LogP) is 4.35. The Bertz CT molecular complexity index is 1590. The van der Waals surface area contributed by atoms with Gasteiger partial charge < -0.3 is 0 Å². The normalized spacial score (nSPS) is 11.5. The van der Waals surface area contributed by atoms with E-state index in [9.17, 15) is 9.59 Å². The summed E-state index contributed by atoms with van der Waals surface area (Å²) in [6.07, 6.45) is 6.31. The Balaban J connectivity index is 1.79. The number of hydrogen-bond acceptors (Lipinski definition) is 4. The maximum Gasteiger partial charge on any atom is 0.332 e. The standard InChI is InChI=1S/C27H27N5O2/c1-3-4-7-17-31-25-23(26(33)30(2)27(31)34)24(20-13-15-28-16-14-20)32(29-25)18-21-11-8-10-19-9-5-6-12-22(19)21/h5-6,8-16H,3-4,7,17-18H2,1-2H3. The quantitative estimate of drug-likeness (QED) is 0.343. The van der Waals surface area contributed by atoms with Crippen molar-refractivity contribution in [3.05, 3.63) is 93.4 Å². The Labute approximate surface area is 196 Å². The van der Waals surface area contributed by atoms with Crippen molar-refractivity contribution in [3.63, 3.8) is 0 Å². The monoisotopic (exact) mass is 453 g/mol. The fourth-order valence-electron chi connectivity index (χ4n) is 4.59. The number of pyridine rings is 1. The highest BCUT2D eigenvalue weighted by molar-refractivity contribution is 5.91. The zero-order valence-corrected chi connectivity index (χ0v) is 19.4. The molecule has 0 radical (unpaired) electrons. The predicted molar refractivity (Wildman–Crippen MR) is 135 cm³/mol. The molecule has 0 aliphatic rings. The van der Waals surface area contributed by atoms with E-state index in [1.54, 1.807) is 24.0 Å². The molecule has 5 aromatic rings. The van der Waals surface area contributed by atoms with Crippen LogP contribution in [0.1, 0.15) is 31.7 Å². The Morgan fingerprint density at radius 1 is 0.912 bits per heavy atom. The highest BCUT2D eigenvalue weighted by Gasteiger charge is 2.22. The Kier molecular flexibility index (Phi) is 5.84. The third-order valence-corrected chi connectivity index (χ3v) is 6.37. The van der Waals surface area contributed by atoms with Crippen molar-refractivity contribution < 1.29 is 0 Å². The molecule has 0 spiro atoms. The number of fused-ring (bicyclic) bond motifs is 2. The lowest BCUT2D eigenvalue weighted by Gasteiger charge is -2.10. The van der Waals surface area contributed by atoms with Crippen LogP contribution in [0.4, 0.5) is 0 Å². The van der Waals surface area contributed by atoms with Crippen molar-refractivity contribution in [1.82, 2.24) is 23.9 Å². The Morgan fingerprint density at radius 2 is 1.68 bits per heavy atom. The lowest BCUT2D eigenvalue weighted by atomic mass is 10.0. The zero-order chi connectivity index (χ0) is 23.7. The van der Waals surface area contributed by atoms with Gasteiger partial charge in [-0.2, -0.15) is 5.10 Å². The molecule has 0 bridgehead atoms. The molecule has 0 unspecified atom stereocenters. The van der Waals surface area contributed by atoms with Crippen LogP contribution in [-0.2, 0) is 20.1 Å². The molecule has 0 fully saturated rings. The van der Waals surface area contributed by atoms with E-state index < -0.39 is 0 Å². The number of hydrogen-bond donors (Lipinski definition) is 0. The third-order valence-electron chi connectivity index (χ3n) is 6.37. The van der Waals surface area contributed by atoms with Gasteiger partial charge in [0, 0.05) is 31.5 Å². The first kappa shape index (κ1) is 21.8.